The number of hydrogen-bond acceptors (Lipinski definition) is 4. The molecule has 2 heterocycles. The third-order valence-electron chi connectivity index (χ3n) is 4.18. The van der Waals surface area contributed by atoms with Crippen LogP contribution >= 0.6 is 23.2 Å². The maximum absolute atomic E-state index is 14.6. The number of carbonyl (C=O) groups is 1. The van der Waals surface area contributed by atoms with E-state index in [0.717, 1.165) is 18.9 Å². The zero-order chi connectivity index (χ0) is 19.7. The van der Waals surface area contributed by atoms with Crippen molar-refractivity contribution < 1.29 is 18.7 Å². The molecule has 9 heteroatoms. The van der Waals surface area contributed by atoms with Crippen molar-refractivity contribution >= 4 is 29.4 Å². The van der Waals surface area contributed by atoms with Crippen LogP contribution in [0.5, 0.6) is 5.75 Å². The molecular formula is C18H19Cl2FN2O4. The first-order valence-corrected chi connectivity index (χ1v) is 9.38. The minimum absolute atomic E-state index is 0.0214. The van der Waals surface area contributed by atoms with Crippen molar-refractivity contribution in [3.63, 3.8) is 0 Å². The van der Waals surface area contributed by atoms with E-state index in [9.17, 15) is 14.0 Å². The highest BCUT2D eigenvalue weighted by Crippen LogP contribution is 2.36. The van der Waals surface area contributed by atoms with Crippen LogP contribution < -0.4 is 10.3 Å². The van der Waals surface area contributed by atoms with Gasteiger partial charge >= 0.3 is 6.16 Å². The Morgan fingerprint density at radius 2 is 1.89 bits per heavy atom. The summed E-state index contributed by atoms with van der Waals surface area (Å²) in [6.07, 6.45) is 0.771. The number of benzene rings is 1. The standard InChI is InChI=1S/C18H19Cl2FN2O4/c1-10(2)9-26-18(25)27-14-7-11(13(21)8-12(14)19)15-16(20)22-5-3-4-6-23(22)17(15)24/h7-8,10H,3-6,9H2,1-2H3. The van der Waals surface area contributed by atoms with Crippen LogP contribution in [0.3, 0.4) is 0 Å². The molecule has 0 atom stereocenters. The number of hydrogen-bond donors (Lipinski definition) is 0. The number of halogens is 3. The van der Waals surface area contributed by atoms with Gasteiger partial charge in [-0.3, -0.25) is 9.48 Å². The zero-order valence-corrected chi connectivity index (χ0v) is 16.4. The molecule has 0 unspecified atom stereocenters. The Bertz CT molecular complexity index is 936. The molecule has 0 spiro atoms. The van der Waals surface area contributed by atoms with Gasteiger partial charge in [0.1, 0.15) is 11.0 Å². The molecule has 0 saturated carbocycles. The topological polar surface area (TPSA) is 62.5 Å². The molecule has 0 N–H and O–H groups in total. The minimum Gasteiger partial charge on any atom is -0.434 e. The summed E-state index contributed by atoms with van der Waals surface area (Å²) in [7, 11) is 0. The van der Waals surface area contributed by atoms with Gasteiger partial charge in [0.25, 0.3) is 5.56 Å². The van der Waals surface area contributed by atoms with Gasteiger partial charge in [0.15, 0.2) is 5.75 Å². The molecule has 3 rings (SSSR count). The van der Waals surface area contributed by atoms with E-state index in [-0.39, 0.29) is 39.6 Å². The van der Waals surface area contributed by atoms with Crippen LogP contribution in [0.15, 0.2) is 16.9 Å². The van der Waals surface area contributed by atoms with Gasteiger partial charge in [-0.2, -0.15) is 0 Å². The Morgan fingerprint density at radius 3 is 2.52 bits per heavy atom. The monoisotopic (exact) mass is 416 g/mol. The highest BCUT2D eigenvalue weighted by molar-refractivity contribution is 6.33. The molecule has 1 aliphatic rings. The van der Waals surface area contributed by atoms with Crippen molar-refractivity contribution in [3.05, 3.63) is 38.5 Å². The highest BCUT2D eigenvalue weighted by Gasteiger charge is 2.25. The van der Waals surface area contributed by atoms with Gasteiger partial charge in [-0.25, -0.2) is 13.9 Å². The largest absolute Gasteiger partial charge is 0.513 e. The number of aromatic nitrogens is 2. The fourth-order valence-corrected chi connectivity index (χ4v) is 3.45. The van der Waals surface area contributed by atoms with Crippen LogP contribution in [0.4, 0.5) is 9.18 Å². The van der Waals surface area contributed by atoms with Gasteiger partial charge < -0.3 is 9.47 Å². The van der Waals surface area contributed by atoms with Crippen molar-refractivity contribution in [2.24, 2.45) is 5.92 Å². The van der Waals surface area contributed by atoms with Gasteiger partial charge in [-0.15, -0.1) is 0 Å². The summed E-state index contributed by atoms with van der Waals surface area (Å²) >= 11 is 12.3. The molecular weight excluding hydrogens is 398 g/mol. The Hall–Kier alpha value is -1.99. The van der Waals surface area contributed by atoms with E-state index in [1.54, 1.807) is 4.68 Å². The first-order chi connectivity index (χ1) is 12.8. The van der Waals surface area contributed by atoms with Crippen LogP contribution in [0.1, 0.15) is 26.7 Å². The predicted octanol–water partition coefficient (Wildman–Crippen LogP) is 4.73. The molecule has 1 aromatic heterocycles. The quantitative estimate of drug-likeness (QED) is 0.533. The number of ether oxygens (including phenoxy) is 2. The second-order valence-electron chi connectivity index (χ2n) is 6.74. The van der Waals surface area contributed by atoms with Crippen molar-refractivity contribution in [2.45, 2.75) is 39.8 Å². The van der Waals surface area contributed by atoms with E-state index in [2.05, 4.69) is 0 Å². The number of nitrogens with zero attached hydrogens (tertiary/aromatic N) is 2. The molecule has 0 bridgehead atoms. The fourth-order valence-electron chi connectivity index (χ4n) is 2.91. The van der Waals surface area contributed by atoms with E-state index in [4.69, 9.17) is 32.7 Å². The number of fused-ring (bicyclic) bond motifs is 1. The van der Waals surface area contributed by atoms with Crippen molar-refractivity contribution in [1.29, 1.82) is 0 Å². The molecule has 27 heavy (non-hydrogen) atoms. The lowest BCUT2D eigenvalue weighted by Crippen LogP contribution is -2.27. The molecule has 0 radical (unpaired) electrons. The van der Waals surface area contributed by atoms with Crippen LogP contribution in [0, 0.1) is 11.7 Å². The Kier molecular flexibility index (Phi) is 5.81. The summed E-state index contributed by atoms with van der Waals surface area (Å²) in [4.78, 5) is 24.5. The Morgan fingerprint density at radius 1 is 1.22 bits per heavy atom. The lowest BCUT2D eigenvalue weighted by atomic mass is 10.1. The number of carbonyl (C=O) groups excluding carboxylic acids is 1. The van der Waals surface area contributed by atoms with E-state index in [1.165, 1.54) is 10.7 Å². The van der Waals surface area contributed by atoms with Crippen LogP contribution in [0.2, 0.25) is 10.2 Å². The maximum atomic E-state index is 14.6. The average Bonchev–Trinajstić information content (AvgIpc) is 2.87. The first-order valence-electron chi connectivity index (χ1n) is 8.62. The first kappa shape index (κ1) is 19.8. The molecule has 0 amide bonds. The maximum Gasteiger partial charge on any atom is 0.513 e. The van der Waals surface area contributed by atoms with E-state index >= 15 is 0 Å². The van der Waals surface area contributed by atoms with Gasteiger partial charge in [0.2, 0.25) is 0 Å². The normalized spacial score (nSPS) is 13.6. The second kappa shape index (κ2) is 7.94. The van der Waals surface area contributed by atoms with Crippen molar-refractivity contribution in [1.82, 2.24) is 9.36 Å². The van der Waals surface area contributed by atoms with E-state index in [0.29, 0.717) is 13.1 Å². The summed E-state index contributed by atoms with van der Waals surface area (Å²) in [5.74, 6) is -0.708. The van der Waals surface area contributed by atoms with Gasteiger partial charge in [0, 0.05) is 18.7 Å². The minimum atomic E-state index is -0.956. The van der Waals surface area contributed by atoms with Gasteiger partial charge in [-0.1, -0.05) is 37.0 Å². The summed E-state index contributed by atoms with van der Waals surface area (Å²) in [5, 5.41) is 0.0344. The molecule has 0 saturated heterocycles. The highest BCUT2D eigenvalue weighted by atomic mass is 35.5. The van der Waals surface area contributed by atoms with Gasteiger partial charge in [0.05, 0.1) is 17.2 Å². The lowest BCUT2D eigenvalue weighted by molar-refractivity contribution is 0.0886. The Labute approximate surface area is 165 Å². The summed E-state index contributed by atoms with van der Waals surface area (Å²) in [6, 6.07) is 2.18. The molecule has 1 aliphatic heterocycles. The third kappa shape index (κ3) is 3.99. The molecule has 6 nitrogen and oxygen atoms in total. The van der Waals surface area contributed by atoms with Crippen LogP contribution in [-0.4, -0.2) is 22.1 Å². The van der Waals surface area contributed by atoms with Crippen molar-refractivity contribution in [3.8, 4) is 16.9 Å². The molecule has 146 valence electrons. The zero-order valence-electron chi connectivity index (χ0n) is 14.9. The van der Waals surface area contributed by atoms with Crippen molar-refractivity contribution in [2.75, 3.05) is 6.61 Å². The lowest BCUT2D eigenvalue weighted by Gasteiger charge is -2.17. The Balaban J connectivity index is 1.99. The fraction of sp³-hybridized carbons (Fsp3) is 0.444. The predicted molar refractivity (Wildman–Crippen MR) is 100 cm³/mol. The SMILES string of the molecule is CC(C)COC(=O)Oc1cc(-c2c(Cl)n3n(c2=O)CCCC3)c(F)cc1Cl. The van der Waals surface area contributed by atoms with E-state index < -0.39 is 17.5 Å². The average molecular weight is 417 g/mol. The van der Waals surface area contributed by atoms with Crippen LogP contribution in [-0.2, 0) is 17.8 Å². The molecule has 1 aromatic carbocycles. The van der Waals surface area contributed by atoms with Crippen LogP contribution in [0.25, 0.3) is 11.1 Å². The summed E-state index contributed by atoms with van der Waals surface area (Å²) in [6.45, 7) is 5.01. The molecule has 0 aliphatic carbocycles. The second-order valence-corrected chi connectivity index (χ2v) is 7.51. The number of rotatable bonds is 4. The molecule has 0 fully saturated rings. The van der Waals surface area contributed by atoms with Gasteiger partial charge in [-0.05, 0) is 30.9 Å². The summed E-state index contributed by atoms with van der Waals surface area (Å²) in [5.41, 5.74) is -0.446. The van der Waals surface area contributed by atoms with E-state index in [1.807, 2.05) is 13.8 Å². The smallest absolute Gasteiger partial charge is 0.434 e. The third-order valence-corrected chi connectivity index (χ3v) is 4.86. The summed E-state index contributed by atoms with van der Waals surface area (Å²) < 4.78 is 27.7. The molecule has 2 aromatic rings.